The van der Waals surface area contributed by atoms with Gasteiger partial charge in [0.1, 0.15) is 0 Å². The molecule has 0 fully saturated rings. The van der Waals surface area contributed by atoms with Crippen LogP contribution in [0.15, 0.2) is 0 Å². The van der Waals surface area contributed by atoms with Crippen LogP contribution in [0.3, 0.4) is 0 Å². The molecule has 0 rings (SSSR count). The van der Waals surface area contributed by atoms with Crippen molar-refractivity contribution >= 4 is 0 Å². The molecular formula is C14H30O2. The van der Waals surface area contributed by atoms with Crippen LogP contribution in [-0.2, 0) is 0 Å². The standard InChI is InChI=1S/C14H30O2/c1-10(2)8-11(3)14(6,7)12(16)13(4,5)9-15/h10-12,15-16H,8-9H2,1-7H3. The Morgan fingerprint density at radius 2 is 1.44 bits per heavy atom. The second-order valence-corrected chi connectivity index (χ2v) is 6.90. The molecule has 0 aliphatic rings. The molecule has 98 valence electrons. The van der Waals surface area contributed by atoms with Crippen LogP contribution in [0.25, 0.3) is 0 Å². The second-order valence-electron chi connectivity index (χ2n) is 6.90. The van der Waals surface area contributed by atoms with E-state index in [2.05, 4.69) is 34.6 Å². The maximum Gasteiger partial charge on any atom is 0.0666 e. The van der Waals surface area contributed by atoms with E-state index in [1.807, 2.05) is 13.8 Å². The van der Waals surface area contributed by atoms with Gasteiger partial charge in [-0.05, 0) is 23.7 Å². The number of aliphatic hydroxyl groups is 2. The summed E-state index contributed by atoms with van der Waals surface area (Å²) in [7, 11) is 0. The van der Waals surface area contributed by atoms with E-state index in [0.29, 0.717) is 11.8 Å². The summed E-state index contributed by atoms with van der Waals surface area (Å²) >= 11 is 0. The summed E-state index contributed by atoms with van der Waals surface area (Å²) in [5, 5.41) is 19.8. The fourth-order valence-electron chi connectivity index (χ4n) is 2.37. The molecule has 2 heteroatoms. The fraction of sp³-hybridized carbons (Fsp3) is 1.00. The lowest BCUT2D eigenvalue weighted by Gasteiger charge is -2.44. The molecule has 0 spiro atoms. The van der Waals surface area contributed by atoms with Crippen LogP contribution in [-0.4, -0.2) is 22.9 Å². The van der Waals surface area contributed by atoms with Crippen molar-refractivity contribution in [2.75, 3.05) is 6.61 Å². The minimum absolute atomic E-state index is 0.0198. The van der Waals surface area contributed by atoms with Gasteiger partial charge in [-0.2, -0.15) is 0 Å². The molecule has 0 saturated heterocycles. The van der Waals surface area contributed by atoms with E-state index >= 15 is 0 Å². The first kappa shape index (κ1) is 15.9. The van der Waals surface area contributed by atoms with E-state index in [0.717, 1.165) is 6.42 Å². The van der Waals surface area contributed by atoms with Gasteiger partial charge >= 0.3 is 0 Å². The van der Waals surface area contributed by atoms with E-state index in [-0.39, 0.29) is 12.0 Å². The largest absolute Gasteiger partial charge is 0.396 e. The highest BCUT2D eigenvalue weighted by atomic mass is 16.3. The molecular weight excluding hydrogens is 200 g/mol. The number of aliphatic hydroxyl groups excluding tert-OH is 2. The SMILES string of the molecule is CC(C)CC(C)C(C)(C)C(O)C(C)(C)CO. The summed E-state index contributed by atoms with van der Waals surface area (Å²) in [5.74, 6) is 1.08. The zero-order valence-corrected chi connectivity index (χ0v) is 12.0. The lowest BCUT2D eigenvalue weighted by atomic mass is 9.65. The van der Waals surface area contributed by atoms with Crippen LogP contribution in [0.5, 0.6) is 0 Å². The van der Waals surface area contributed by atoms with E-state index in [1.54, 1.807) is 0 Å². The molecule has 0 aliphatic heterocycles. The summed E-state index contributed by atoms with van der Waals surface area (Å²) in [6, 6.07) is 0. The van der Waals surface area contributed by atoms with Crippen molar-refractivity contribution in [2.24, 2.45) is 22.7 Å². The van der Waals surface area contributed by atoms with Crippen molar-refractivity contribution in [3.63, 3.8) is 0 Å². The molecule has 0 aromatic carbocycles. The molecule has 2 nitrogen and oxygen atoms in total. The summed E-state index contributed by atoms with van der Waals surface area (Å²) in [6.45, 7) is 14.7. The highest BCUT2D eigenvalue weighted by Crippen LogP contribution is 2.41. The highest BCUT2D eigenvalue weighted by Gasteiger charge is 2.42. The van der Waals surface area contributed by atoms with Gasteiger partial charge in [-0.15, -0.1) is 0 Å². The van der Waals surface area contributed by atoms with Crippen molar-refractivity contribution in [3.05, 3.63) is 0 Å². The van der Waals surface area contributed by atoms with Gasteiger partial charge in [-0.25, -0.2) is 0 Å². The van der Waals surface area contributed by atoms with Crippen molar-refractivity contribution < 1.29 is 10.2 Å². The molecule has 2 atom stereocenters. The Morgan fingerprint density at radius 3 is 1.75 bits per heavy atom. The highest BCUT2D eigenvalue weighted by molar-refractivity contribution is 4.91. The normalized spacial score (nSPS) is 17.6. The van der Waals surface area contributed by atoms with Crippen LogP contribution in [0.4, 0.5) is 0 Å². The van der Waals surface area contributed by atoms with Crippen LogP contribution < -0.4 is 0 Å². The predicted molar refractivity (Wildman–Crippen MR) is 69.3 cm³/mol. The Kier molecular flexibility index (Phi) is 5.48. The smallest absolute Gasteiger partial charge is 0.0666 e. The van der Waals surface area contributed by atoms with Gasteiger partial charge in [0.25, 0.3) is 0 Å². The van der Waals surface area contributed by atoms with Crippen molar-refractivity contribution in [1.29, 1.82) is 0 Å². The van der Waals surface area contributed by atoms with Crippen molar-refractivity contribution in [2.45, 2.75) is 61.0 Å². The molecule has 16 heavy (non-hydrogen) atoms. The summed E-state index contributed by atoms with van der Waals surface area (Å²) in [4.78, 5) is 0. The van der Waals surface area contributed by atoms with Crippen LogP contribution in [0.2, 0.25) is 0 Å². The predicted octanol–water partition coefficient (Wildman–Crippen LogP) is 3.07. The zero-order valence-electron chi connectivity index (χ0n) is 12.0. The average Bonchev–Trinajstić information content (AvgIpc) is 2.15. The Morgan fingerprint density at radius 1 is 1.00 bits per heavy atom. The summed E-state index contributed by atoms with van der Waals surface area (Å²) < 4.78 is 0. The van der Waals surface area contributed by atoms with Crippen LogP contribution in [0, 0.1) is 22.7 Å². The topological polar surface area (TPSA) is 40.5 Å². The lowest BCUT2D eigenvalue weighted by molar-refractivity contribution is -0.0880. The fourth-order valence-corrected chi connectivity index (χ4v) is 2.37. The van der Waals surface area contributed by atoms with Gasteiger partial charge in [-0.3, -0.25) is 0 Å². The van der Waals surface area contributed by atoms with Crippen LogP contribution >= 0.6 is 0 Å². The maximum absolute atomic E-state index is 10.4. The minimum atomic E-state index is -0.487. The second kappa shape index (κ2) is 5.50. The molecule has 0 saturated carbocycles. The first-order valence-electron chi connectivity index (χ1n) is 6.34. The zero-order chi connectivity index (χ0) is 13.1. The van der Waals surface area contributed by atoms with Gasteiger partial charge in [0.15, 0.2) is 0 Å². The van der Waals surface area contributed by atoms with E-state index < -0.39 is 11.5 Å². The molecule has 2 unspecified atom stereocenters. The van der Waals surface area contributed by atoms with Crippen LogP contribution in [0.1, 0.15) is 54.9 Å². The quantitative estimate of drug-likeness (QED) is 0.736. The van der Waals surface area contributed by atoms with E-state index in [9.17, 15) is 10.2 Å². The first-order valence-corrected chi connectivity index (χ1v) is 6.34. The molecule has 0 aromatic heterocycles. The number of hydrogen-bond donors (Lipinski definition) is 2. The number of hydrogen-bond acceptors (Lipinski definition) is 2. The number of rotatable bonds is 6. The van der Waals surface area contributed by atoms with Crippen molar-refractivity contribution in [1.82, 2.24) is 0 Å². The molecule has 0 aliphatic carbocycles. The molecule has 0 bridgehead atoms. The summed E-state index contributed by atoms with van der Waals surface area (Å²) in [5.41, 5.74) is -0.606. The first-order chi connectivity index (χ1) is 7.05. The Bertz CT molecular complexity index is 207. The molecule has 0 radical (unpaired) electrons. The molecule has 0 aromatic rings. The van der Waals surface area contributed by atoms with Gasteiger partial charge in [0, 0.05) is 5.41 Å². The Labute approximate surface area is 101 Å². The van der Waals surface area contributed by atoms with Gasteiger partial charge in [0.05, 0.1) is 12.7 Å². The Balaban J connectivity index is 4.76. The third-order valence-electron chi connectivity index (χ3n) is 3.95. The monoisotopic (exact) mass is 230 g/mol. The minimum Gasteiger partial charge on any atom is -0.396 e. The Hall–Kier alpha value is -0.0800. The lowest BCUT2D eigenvalue weighted by Crippen LogP contribution is -2.47. The third kappa shape index (κ3) is 3.74. The average molecular weight is 230 g/mol. The maximum atomic E-state index is 10.4. The van der Waals surface area contributed by atoms with Crippen molar-refractivity contribution in [3.8, 4) is 0 Å². The molecule has 2 N–H and O–H groups in total. The van der Waals surface area contributed by atoms with Gasteiger partial charge in [0.2, 0.25) is 0 Å². The molecule has 0 heterocycles. The van der Waals surface area contributed by atoms with Gasteiger partial charge in [-0.1, -0.05) is 48.5 Å². The summed E-state index contributed by atoms with van der Waals surface area (Å²) in [6.07, 6.45) is 0.615. The van der Waals surface area contributed by atoms with E-state index in [1.165, 1.54) is 0 Å². The molecule has 0 amide bonds. The van der Waals surface area contributed by atoms with E-state index in [4.69, 9.17) is 0 Å². The van der Waals surface area contributed by atoms with Gasteiger partial charge < -0.3 is 10.2 Å². The third-order valence-corrected chi connectivity index (χ3v) is 3.95.